The maximum absolute atomic E-state index is 14.0. The van der Waals surface area contributed by atoms with Crippen molar-refractivity contribution in [2.75, 3.05) is 20.8 Å². The van der Waals surface area contributed by atoms with Gasteiger partial charge in [-0.25, -0.2) is 0 Å². The summed E-state index contributed by atoms with van der Waals surface area (Å²) in [5.41, 5.74) is 0.898. The molecule has 1 fully saturated rings. The Morgan fingerprint density at radius 1 is 1.28 bits per heavy atom. The molecule has 2 rings (SSSR count). The molecule has 100 valence electrons. The van der Waals surface area contributed by atoms with E-state index in [2.05, 4.69) is 5.32 Å². The second-order valence-corrected chi connectivity index (χ2v) is 4.63. The smallest absolute Gasteiger partial charge is 0.207 e. The van der Waals surface area contributed by atoms with E-state index >= 15 is 0 Å². The number of nitrogens with one attached hydrogen (secondary N) is 1. The van der Waals surface area contributed by atoms with Crippen molar-refractivity contribution in [2.45, 2.75) is 31.7 Å². The monoisotopic (exact) mass is 253 g/mol. The maximum atomic E-state index is 14.0. The van der Waals surface area contributed by atoms with E-state index in [1.54, 1.807) is 6.07 Å². The van der Waals surface area contributed by atoms with Gasteiger partial charge in [-0.3, -0.25) is 0 Å². The van der Waals surface area contributed by atoms with Crippen molar-refractivity contribution >= 4 is 0 Å². The van der Waals surface area contributed by atoms with Gasteiger partial charge in [0.1, 0.15) is 0 Å². The normalized spacial score (nSPS) is 19.6. The average molecular weight is 253 g/mol. The molecule has 1 aromatic carbocycles. The number of methoxy groups -OCH3 is 2. The highest BCUT2D eigenvalue weighted by atomic mass is 19.1. The van der Waals surface area contributed by atoms with Crippen LogP contribution < -0.4 is 14.8 Å². The predicted molar refractivity (Wildman–Crippen MR) is 68.8 cm³/mol. The first-order valence-corrected chi connectivity index (χ1v) is 6.39. The Bertz CT molecular complexity index is 403. The lowest BCUT2D eigenvalue weighted by Crippen LogP contribution is -2.35. The minimum Gasteiger partial charge on any atom is -0.494 e. The van der Waals surface area contributed by atoms with E-state index < -0.39 is 5.82 Å². The van der Waals surface area contributed by atoms with E-state index in [4.69, 9.17) is 9.47 Å². The van der Waals surface area contributed by atoms with Crippen molar-refractivity contribution in [1.82, 2.24) is 5.32 Å². The summed E-state index contributed by atoms with van der Waals surface area (Å²) < 4.78 is 24.2. The molecule has 18 heavy (non-hydrogen) atoms. The minimum atomic E-state index is -0.409. The Morgan fingerprint density at radius 2 is 2.11 bits per heavy atom. The van der Waals surface area contributed by atoms with E-state index in [-0.39, 0.29) is 5.75 Å². The highest BCUT2D eigenvalue weighted by molar-refractivity contribution is 5.43. The molecule has 0 bridgehead atoms. The number of hydrogen-bond acceptors (Lipinski definition) is 3. The van der Waals surface area contributed by atoms with Gasteiger partial charge in [-0.1, -0.05) is 12.5 Å². The standard InChI is InChI=1S/C14H20FNO2/c1-17-12-7-6-10(14(18-2)13(12)15)9-11-5-3-4-8-16-11/h6-7,11,16H,3-5,8-9H2,1-2H3. The van der Waals surface area contributed by atoms with Gasteiger partial charge in [0.25, 0.3) is 0 Å². The average Bonchev–Trinajstić information content (AvgIpc) is 2.40. The molecule has 1 aliphatic rings. The topological polar surface area (TPSA) is 30.5 Å². The molecule has 3 nitrogen and oxygen atoms in total. The van der Waals surface area contributed by atoms with Crippen LogP contribution in [0.2, 0.25) is 0 Å². The Balaban J connectivity index is 2.18. The number of ether oxygens (including phenoxy) is 2. The zero-order valence-corrected chi connectivity index (χ0v) is 11.0. The van der Waals surface area contributed by atoms with Crippen LogP contribution in [0.1, 0.15) is 24.8 Å². The van der Waals surface area contributed by atoms with Crippen LogP contribution in [0.4, 0.5) is 4.39 Å². The van der Waals surface area contributed by atoms with Gasteiger partial charge in [-0.05, 0) is 37.4 Å². The van der Waals surface area contributed by atoms with Crippen LogP contribution in [0, 0.1) is 5.82 Å². The number of rotatable bonds is 4. The molecule has 0 aromatic heterocycles. The van der Waals surface area contributed by atoms with Gasteiger partial charge in [-0.15, -0.1) is 0 Å². The van der Waals surface area contributed by atoms with Gasteiger partial charge in [0.05, 0.1) is 14.2 Å². The van der Waals surface area contributed by atoms with E-state index in [1.165, 1.54) is 27.1 Å². The van der Waals surface area contributed by atoms with E-state index in [0.717, 1.165) is 24.9 Å². The second-order valence-electron chi connectivity index (χ2n) is 4.63. The SMILES string of the molecule is COc1ccc(CC2CCCCN2)c(OC)c1F. The summed E-state index contributed by atoms with van der Waals surface area (Å²) in [4.78, 5) is 0. The van der Waals surface area contributed by atoms with Crippen LogP contribution in [0.25, 0.3) is 0 Å². The lowest BCUT2D eigenvalue weighted by molar-refractivity contribution is 0.341. The Morgan fingerprint density at radius 3 is 2.72 bits per heavy atom. The van der Waals surface area contributed by atoms with Crippen LogP contribution in [0.15, 0.2) is 12.1 Å². The molecule has 0 spiro atoms. The molecule has 1 unspecified atom stereocenters. The molecule has 0 amide bonds. The van der Waals surface area contributed by atoms with Crippen molar-refractivity contribution < 1.29 is 13.9 Å². The molecule has 1 N–H and O–H groups in total. The maximum Gasteiger partial charge on any atom is 0.207 e. The molecule has 4 heteroatoms. The number of hydrogen-bond donors (Lipinski definition) is 1. The third-order valence-corrected chi connectivity index (χ3v) is 3.45. The number of halogens is 1. The van der Waals surface area contributed by atoms with E-state index in [0.29, 0.717) is 11.8 Å². The van der Waals surface area contributed by atoms with Gasteiger partial charge in [-0.2, -0.15) is 4.39 Å². The van der Waals surface area contributed by atoms with Crippen molar-refractivity contribution in [3.63, 3.8) is 0 Å². The molecule has 1 aromatic rings. The van der Waals surface area contributed by atoms with Crippen molar-refractivity contribution in [2.24, 2.45) is 0 Å². The first-order valence-electron chi connectivity index (χ1n) is 6.39. The zero-order chi connectivity index (χ0) is 13.0. The Kier molecular flexibility index (Phi) is 4.42. The quantitative estimate of drug-likeness (QED) is 0.894. The molecular weight excluding hydrogens is 233 g/mol. The Hall–Kier alpha value is -1.29. The lowest BCUT2D eigenvalue weighted by atomic mass is 9.97. The molecule has 0 aliphatic carbocycles. The molecule has 1 aliphatic heterocycles. The zero-order valence-electron chi connectivity index (χ0n) is 11.0. The summed E-state index contributed by atoms with van der Waals surface area (Å²) >= 11 is 0. The largest absolute Gasteiger partial charge is 0.494 e. The first-order chi connectivity index (χ1) is 8.76. The summed E-state index contributed by atoms with van der Waals surface area (Å²) in [5.74, 6) is 0.127. The van der Waals surface area contributed by atoms with Crippen LogP contribution in [0.3, 0.4) is 0 Å². The molecule has 1 saturated heterocycles. The summed E-state index contributed by atoms with van der Waals surface area (Å²) in [6.07, 6.45) is 4.39. The molecule has 0 radical (unpaired) electrons. The number of benzene rings is 1. The van der Waals surface area contributed by atoms with Crippen LogP contribution in [-0.4, -0.2) is 26.8 Å². The van der Waals surface area contributed by atoms with Gasteiger partial charge in [0, 0.05) is 6.04 Å². The van der Waals surface area contributed by atoms with E-state index in [9.17, 15) is 4.39 Å². The van der Waals surface area contributed by atoms with E-state index in [1.807, 2.05) is 6.07 Å². The molecule has 0 saturated carbocycles. The lowest BCUT2D eigenvalue weighted by Gasteiger charge is -2.24. The van der Waals surface area contributed by atoms with Crippen LogP contribution in [-0.2, 0) is 6.42 Å². The number of piperidine rings is 1. The fraction of sp³-hybridized carbons (Fsp3) is 0.571. The van der Waals surface area contributed by atoms with Crippen LogP contribution >= 0.6 is 0 Å². The second kappa shape index (κ2) is 6.05. The van der Waals surface area contributed by atoms with Crippen molar-refractivity contribution in [1.29, 1.82) is 0 Å². The van der Waals surface area contributed by atoms with Gasteiger partial charge < -0.3 is 14.8 Å². The third-order valence-electron chi connectivity index (χ3n) is 3.45. The Labute approximate surface area is 107 Å². The van der Waals surface area contributed by atoms with Gasteiger partial charge in [0.2, 0.25) is 5.82 Å². The molecule has 1 heterocycles. The van der Waals surface area contributed by atoms with Crippen molar-refractivity contribution in [3.8, 4) is 11.5 Å². The summed E-state index contributed by atoms with van der Waals surface area (Å²) in [6, 6.07) is 3.97. The van der Waals surface area contributed by atoms with Gasteiger partial charge >= 0.3 is 0 Å². The summed E-state index contributed by atoms with van der Waals surface area (Å²) in [7, 11) is 2.95. The summed E-state index contributed by atoms with van der Waals surface area (Å²) in [5, 5.41) is 3.46. The minimum absolute atomic E-state index is 0.229. The fourth-order valence-corrected chi connectivity index (χ4v) is 2.48. The first kappa shape index (κ1) is 13.1. The predicted octanol–water partition coefficient (Wildman–Crippen LogP) is 2.53. The van der Waals surface area contributed by atoms with Gasteiger partial charge in [0.15, 0.2) is 11.5 Å². The molecule has 1 atom stereocenters. The van der Waals surface area contributed by atoms with Crippen LogP contribution in [0.5, 0.6) is 11.5 Å². The van der Waals surface area contributed by atoms with Crippen molar-refractivity contribution in [3.05, 3.63) is 23.5 Å². The fourth-order valence-electron chi connectivity index (χ4n) is 2.48. The highest BCUT2D eigenvalue weighted by Crippen LogP contribution is 2.31. The third kappa shape index (κ3) is 2.75. The highest BCUT2D eigenvalue weighted by Gasteiger charge is 2.19. The summed E-state index contributed by atoms with van der Waals surface area (Å²) in [6.45, 7) is 1.05. The molecular formula is C14H20FNO2.